The summed E-state index contributed by atoms with van der Waals surface area (Å²) in [4.78, 5) is 12.5. The van der Waals surface area contributed by atoms with Crippen LogP contribution < -0.4 is 21.5 Å². The van der Waals surface area contributed by atoms with Gasteiger partial charge in [0.1, 0.15) is 5.82 Å². The number of amides is 1. The van der Waals surface area contributed by atoms with E-state index in [0.717, 1.165) is 23.5 Å². The number of hydrogen-bond donors (Lipinski definition) is 4. The van der Waals surface area contributed by atoms with Crippen molar-refractivity contribution in [3.63, 3.8) is 0 Å². The smallest absolute Gasteiger partial charge is 0.261 e. The van der Waals surface area contributed by atoms with Crippen LogP contribution in [0.3, 0.4) is 0 Å². The van der Waals surface area contributed by atoms with E-state index in [-0.39, 0.29) is 17.8 Å². The minimum Gasteiger partial charge on any atom is -0.350 e. The zero-order chi connectivity index (χ0) is 16.8. The van der Waals surface area contributed by atoms with Gasteiger partial charge in [-0.05, 0) is 29.1 Å². The van der Waals surface area contributed by atoms with Crippen LogP contribution in [0.15, 0.2) is 41.8 Å². The zero-order valence-corrected chi connectivity index (χ0v) is 14.0. The van der Waals surface area contributed by atoms with Gasteiger partial charge in [-0.1, -0.05) is 18.2 Å². The first kappa shape index (κ1) is 17.0. The van der Waals surface area contributed by atoms with E-state index in [4.69, 9.17) is 0 Å². The number of benzene rings is 1. The predicted molar refractivity (Wildman–Crippen MR) is 93.3 cm³/mol. The van der Waals surface area contributed by atoms with Gasteiger partial charge in [-0.25, -0.2) is 9.82 Å². The Labute approximate surface area is 144 Å². The molecule has 0 saturated carbocycles. The number of carbonyl (C=O) groups is 1. The molecule has 0 spiro atoms. The molecular weight excluding hydrogens is 327 g/mol. The SMILES string of the molecule is O=C(NCCNCC1CNNC1c1ccc(F)cc1)c1cccs1. The van der Waals surface area contributed by atoms with Crippen molar-refractivity contribution < 1.29 is 9.18 Å². The Bertz CT molecular complexity index is 647. The summed E-state index contributed by atoms with van der Waals surface area (Å²) in [6, 6.07) is 10.4. The van der Waals surface area contributed by atoms with E-state index in [9.17, 15) is 9.18 Å². The third-order valence-corrected chi connectivity index (χ3v) is 4.93. The van der Waals surface area contributed by atoms with E-state index in [1.54, 1.807) is 0 Å². The summed E-state index contributed by atoms with van der Waals surface area (Å²) in [5.74, 6) is 0.115. The second-order valence-electron chi connectivity index (χ2n) is 5.75. The van der Waals surface area contributed by atoms with Crippen LogP contribution in [-0.2, 0) is 0 Å². The average Bonchev–Trinajstić information content (AvgIpc) is 3.27. The molecule has 1 saturated heterocycles. The van der Waals surface area contributed by atoms with Crippen LogP contribution in [0.25, 0.3) is 0 Å². The van der Waals surface area contributed by atoms with Crippen molar-refractivity contribution in [3.8, 4) is 0 Å². The zero-order valence-electron chi connectivity index (χ0n) is 13.2. The fourth-order valence-corrected chi connectivity index (χ4v) is 3.44. The number of rotatable bonds is 7. The molecule has 0 bridgehead atoms. The number of hydrogen-bond acceptors (Lipinski definition) is 5. The molecule has 1 amide bonds. The number of hydrazine groups is 1. The molecule has 1 aromatic heterocycles. The van der Waals surface area contributed by atoms with Crippen molar-refractivity contribution in [2.45, 2.75) is 6.04 Å². The van der Waals surface area contributed by atoms with Gasteiger partial charge in [-0.3, -0.25) is 10.2 Å². The van der Waals surface area contributed by atoms with Gasteiger partial charge < -0.3 is 10.6 Å². The summed E-state index contributed by atoms with van der Waals surface area (Å²) in [6.07, 6.45) is 0. The van der Waals surface area contributed by atoms with E-state index in [0.29, 0.717) is 19.0 Å². The summed E-state index contributed by atoms with van der Waals surface area (Å²) in [7, 11) is 0. The summed E-state index contributed by atoms with van der Waals surface area (Å²) in [5.41, 5.74) is 7.47. The molecule has 5 nitrogen and oxygen atoms in total. The molecule has 128 valence electrons. The third-order valence-electron chi connectivity index (χ3n) is 4.06. The highest BCUT2D eigenvalue weighted by molar-refractivity contribution is 7.12. The molecule has 1 aliphatic heterocycles. The first-order valence-corrected chi connectivity index (χ1v) is 8.88. The van der Waals surface area contributed by atoms with Gasteiger partial charge in [-0.2, -0.15) is 0 Å². The first-order chi connectivity index (χ1) is 11.7. The summed E-state index contributed by atoms with van der Waals surface area (Å²) < 4.78 is 13.0. The normalized spacial score (nSPS) is 20.2. The number of carbonyl (C=O) groups excluding carboxylic acids is 1. The summed E-state index contributed by atoms with van der Waals surface area (Å²) in [6.45, 7) is 2.96. The lowest BCUT2D eigenvalue weighted by Crippen LogP contribution is -2.35. The van der Waals surface area contributed by atoms with Crippen LogP contribution in [0.1, 0.15) is 21.3 Å². The van der Waals surface area contributed by atoms with Crippen molar-refractivity contribution in [2.24, 2.45) is 5.92 Å². The lowest BCUT2D eigenvalue weighted by molar-refractivity contribution is 0.0958. The van der Waals surface area contributed by atoms with Crippen LogP contribution in [0.2, 0.25) is 0 Å². The van der Waals surface area contributed by atoms with Crippen molar-refractivity contribution in [1.29, 1.82) is 0 Å². The maximum absolute atomic E-state index is 13.0. The quantitative estimate of drug-likeness (QED) is 0.575. The molecule has 0 radical (unpaired) electrons. The average molecular weight is 348 g/mol. The van der Waals surface area contributed by atoms with Gasteiger partial charge >= 0.3 is 0 Å². The van der Waals surface area contributed by atoms with Gasteiger partial charge in [0.2, 0.25) is 0 Å². The van der Waals surface area contributed by atoms with Gasteiger partial charge in [0.25, 0.3) is 5.91 Å². The van der Waals surface area contributed by atoms with Crippen LogP contribution in [0, 0.1) is 11.7 Å². The molecule has 24 heavy (non-hydrogen) atoms. The monoisotopic (exact) mass is 348 g/mol. The minimum atomic E-state index is -0.221. The maximum atomic E-state index is 13.0. The van der Waals surface area contributed by atoms with Gasteiger partial charge in [0.15, 0.2) is 0 Å². The highest BCUT2D eigenvalue weighted by Gasteiger charge is 2.27. The Hall–Kier alpha value is -1.80. The van der Waals surface area contributed by atoms with E-state index in [1.807, 2.05) is 29.6 Å². The van der Waals surface area contributed by atoms with Crippen LogP contribution in [-0.4, -0.2) is 32.1 Å². The molecule has 2 heterocycles. The van der Waals surface area contributed by atoms with E-state index in [1.165, 1.54) is 23.5 Å². The van der Waals surface area contributed by atoms with E-state index >= 15 is 0 Å². The van der Waals surface area contributed by atoms with Crippen molar-refractivity contribution >= 4 is 17.2 Å². The number of thiophene rings is 1. The van der Waals surface area contributed by atoms with Crippen molar-refractivity contribution in [2.75, 3.05) is 26.2 Å². The largest absolute Gasteiger partial charge is 0.350 e. The van der Waals surface area contributed by atoms with Crippen molar-refractivity contribution in [1.82, 2.24) is 21.5 Å². The van der Waals surface area contributed by atoms with Crippen LogP contribution in [0.4, 0.5) is 4.39 Å². The van der Waals surface area contributed by atoms with Crippen LogP contribution >= 0.6 is 11.3 Å². The molecular formula is C17H21FN4OS. The van der Waals surface area contributed by atoms with E-state index < -0.39 is 0 Å². The Balaban J connectivity index is 1.39. The molecule has 7 heteroatoms. The Morgan fingerprint density at radius 1 is 1.25 bits per heavy atom. The number of halogens is 1. The Morgan fingerprint density at radius 3 is 2.83 bits per heavy atom. The first-order valence-electron chi connectivity index (χ1n) is 8.00. The molecule has 2 aromatic rings. The van der Waals surface area contributed by atoms with Gasteiger partial charge in [0, 0.05) is 32.1 Å². The molecule has 1 fully saturated rings. The maximum Gasteiger partial charge on any atom is 0.261 e. The number of nitrogens with one attached hydrogen (secondary N) is 4. The molecule has 1 aliphatic rings. The lowest BCUT2D eigenvalue weighted by atomic mass is 9.95. The summed E-state index contributed by atoms with van der Waals surface area (Å²) in [5, 5.41) is 8.16. The topological polar surface area (TPSA) is 65.2 Å². The molecule has 4 N–H and O–H groups in total. The Morgan fingerprint density at radius 2 is 2.08 bits per heavy atom. The molecule has 2 atom stereocenters. The van der Waals surface area contributed by atoms with Gasteiger partial charge in [-0.15, -0.1) is 11.3 Å². The molecule has 3 rings (SSSR count). The predicted octanol–water partition coefficient (Wildman–Crippen LogP) is 1.67. The fourth-order valence-electron chi connectivity index (χ4n) is 2.80. The van der Waals surface area contributed by atoms with Crippen LogP contribution in [0.5, 0.6) is 0 Å². The Kier molecular flexibility index (Phi) is 5.92. The van der Waals surface area contributed by atoms with Crippen molar-refractivity contribution in [3.05, 3.63) is 58.0 Å². The lowest BCUT2D eigenvalue weighted by Gasteiger charge is -2.19. The third kappa shape index (κ3) is 4.39. The highest BCUT2D eigenvalue weighted by atomic mass is 32.1. The standard InChI is InChI=1S/C17H21FN4OS/c18-14-5-3-12(4-6-14)16-13(11-21-22-16)10-19-7-8-20-17(23)15-2-1-9-24-15/h1-6,9,13,16,19,21-22H,7-8,10-11H2,(H,20,23). The second-order valence-corrected chi connectivity index (χ2v) is 6.70. The van der Waals surface area contributed by atoms with Gasteiger partial charge in [0.05, 0.1) is 10.9 Å². The molecule has 1 aromatic carbocycles. The fraction of sp³-hybridized carbons (Fsp3) is 0.353. The second kappa shape index (κ2) is 8.34. The molecule has 2 unspecified atom stereocenters. The highest BCUT2D eigenvalue weighted by Crippen LogP contribution is 2.24. The molecule has 0 aliphatic carbocycles. The minimum absolute atomic E-state index is 0.0276. The van der Waals surface area contributed by atoms with E-state index in [2.05, 4.69) is 21.5 Å². The summed E-state index contributed by atoms with van der Waals surface area (Å²) >= 11 is 1.44.